The summed E-state index contributed by atoms with van der Waals surface area (Å²) >= 11 is 1.07. The van der Waals surface area contributed by atoms with Crippen molar-refractivity contribution >= 4 is 29.0 Å². The van der Waals surface area contributed by atoms with E-state index in [0.717, 1.165) is 11.8 Å². The molecule has 0 bridgehead atoms. The van der Waals surface area contributed by atoms with Crippen molar-refractivity contribution in [1.82, 2.24) is 10.2 Å². The third kappa shape index (κ3) is 5.23. The van der Waals surface area contributed by atoms with E-state index in [1.54, 1.807) is 18.2 Å². The highest BCUT2D eigenvalue weighted by Gasteiger charge is 2.14. The number of nitro benzene ring substituents is 1. The van der Waals surface area contributed by atoms with E-state index < -0.39 is 4.92 Å². The first-order chi connectivity index (χ1) is 14.0. The second kappa shape index (κ2) is 9.06. The molecule has 1 aromatic heterocycles. The van der Waals surface area contributed by atoms with Crippen molar-refractivity contribution in [3.05, 3.63) is 52.6 Å². The summed E-state index contributed by atoms with van der Waals surface area (Å²) < 4.78 is 16.0. The Morgan fingerprint density at radius 1 is 1.14 bits per heavy atom. The Kier molecular flexibility index (Phi) is 6.29. The van der Waals surface area contributed by atoms with Gasteiger partial charge in [-0.05, 0) is 24.3 Å². The standard InChI is InChI=1S/C18H16N4O6S/c1-26-14-7-11(8-15(9-14)27-2)17-20-21-18(28-17)29-10-16(23)19-12-3-5-13(6-4-12)22(24)25/h3-9H,10H2,1-2H3,(H,19,23). The van der Waals surface area contributed by atoms with Gasteiger partial charge in [0.25, 0.3) is 10.9 Å². The zero-order valence-electron chi connectivity index (χ0n) is 15.4. The number of aromatic nitrogens is 2. The van der Waals surface area contributed by atoms with E-state index in [1.807, 2.05) is 0 Å². The largest absolute Gasteiger partial charge is 0.497 e. The lowest BCUT2D eigenvalue weighted by molar-refractivity contribution is -0.384. The Bertz CT molecular complexity index is 999. The van der Waals surface area contributed by atoms with Crippen LogP contribution in [-0.4, -0.2) is 41.0 Å². The van der Waals surface area contributed by atoms with Gasteiger partial charge < -0.3 is 19.2 Å². The lowest BCUT2D eigenvalue weighted by Crippen LogP contribution is -2.13. The van der Waals surface area contributed by atoms with Crippen LogP contribution in [0.15, 0.2) is 52.1 Å². The molecule has 1 N–H and O–H groups in total. The highest BCUT2D eigenvalue weighted by atomic mass is 32.2. The first-order valence-electron chi connectivity index (χ1n) is 8.22. The number of carbonyl (C=O) groups is 1. The number of thioether (sulfide) groups is 1. The molecule has 0 aliphatic heterocycles. The smallest absolute Gasteiger partial charge is 0.277 e. The van der Waals surface area contributed by atoms with Crippen molar-refractivity contribution in [1.29, 1.82) is 0 Å². The predicted molar refractivity (Wildman–Crippen MR) is 105 cm³/mol. The molecule has 3 rings (SSSR count). The van der Waals surface area contributed by atoms with E-state index in [1.165, 1.54) is 38.5 Å². The number of hydrogen-bond acceptors (Lipinski definition) is 9. The number of non-ortho nitro benzene ring substituents is 1. The predicted octanol–water partition coefficient (Wildman–Crippen LogP) is 3.39. The summed E-state index contributed by atoms with van der Waals surface area (Å²) in [5, 5.41) is 21.4. The quantitative estimate of drug-likeness (QED) is 0.333. The number of rotatable bonds is 8. The van der Waals surface area contributed by atoms with Gasteiger partial charge in [0, 0.05) is 29.4 Å². The molecule has 0 spiro atoms. The van der Waals surface area contributed by atoms with E-state index in [0.29, 0.717) is 22.7 Å². The number of nitrogens with one attached hydrogen (secondary N) is 1. The van der Waals surface area contributed by atoms with Gasteiger partial charge in [0.15, 0.2) is 0 Å². The van der Waals surface area contributed by atoms with Gasteiger partial charge >= 0.3 is 0 Å². The Labute approximate surface area is 169 Å². The second-order valence-corrected chi connectivity index (χ2v) is 6.54. The summed E-state index contributed by atoms with van der Waals surface area (Å²) in [6.07, 6.45) is 0. The van der Waals surface area contributed by atoms with Crippen LogP contribution in [0.25, 0.3) is 11.5 Å². The molecule has 1 amide bonds. The molecule has 11 heteroatoms. The molecule has 2 aromatic carbocycles. The van der Waals surface area contributed by atoms with Gasteiger partial charge in [0.05, 0.1) is 24.9 Å². The van der Waals surface area contributed by atoms with Gasteiger partial charge in [0.2, 0.25) is 11.8 Å². The molecule has 0 unspecified atom stereocenters. The lowest BCUT2D eigenvalue weighted by Gasteiger charge is -2.05. The average molecular weight is 416 g/mol. The normalized spacial score (nSPS) is 10.4. The fraction of sp³-hybridized carbons (Fsp3) is 0.167. The minimum atomic E-state index is -0.507. The minimum absolute atomic E-state index is 0.0278. The molecular formula is C18H16N4O6S. The molecule has 0 aliphatic rings. The Hall–Kier alpha value is -3.60. The molecule has 150 valence electrons. The SMILES string of the molecule is COc1cc(OC)cc(-c2nnc(SCC(=O)Nc3ccc([N+](=O)[O-])cc3)o2)c1. The monoisotopic (exact) mass is 416 g/mol. The van der Waals surface area contributed by atoms with Gasteiger partial charge in [-0.3, -0.25) is 14.9 Å². The lowest BCUT2D eigenvalue weighted by atomic mass is 10.2. The van der Waals surface area contributed by atoms with Gasteiger partial charge in [-0.25, -0.2) is 0 Å². The number of amides is 1. The number of methoxy groups -OCH3 is 2. The van der Waals surface area contributed by atoms with Crippen LogP contribution in [0.1, 0.15) is 0 Å². The van der Waals surface area contributed by atoms with Crippen LogP contribution < -0.4 is 14.8 Å². The zero-order valence-corrected chi connectivity index (χ0v) is 16.3. The number of nitrogens with zero attached hydrogens (tertiary/aromatic N) is 3. The zero-order chi connectivity index (χ0) is 20.8. The summed E-state index contributed by atoms with van der Waals surface area (Å²) in [5.41, 5.74) is 1.02. The summed E-state index contributed by atoms with van der Waals surface area (Å²) in [5.74, 6) is 1.13. The fourth-order valence-corrected chi connectivity index (χ4v) is 2.87. The highest BCUT2D eigenvalue weighted by Crippen LogP contribution is 2.30. The Balaban J connectivity index is 1.60. The topological polar surface area (TPSA) is 130 Å². The van der Waals surface area contributed by atoms with E-state index in [9.17, 15) is 14.9 Å². The fourth-order valence-electron chi connectivity index (χ4n) is 2.31. The molecule has 10 nitrogen and oxygen atoms in total. The van der Waals surface area contributed by atoms with E-state index in [-0.39, 0.29) is 28.5 Å². The van der Waals surface area contributed by atoms with Crippen LogP contribution >= 0.6 is 11.8 Å². The number of hydrogen-bond donors (Lipinski definition) is 1. The van der Waals surface area contributed by atoms with E-state index in [2.05, 4.69) is 15.5 Å². The molecule has 0 radical (unpaired) electrons. The van der Waals surface area contributed by atoms with Gasteiger partial charge in [0.1, 0.15) is 11.5 Å². The maximum Gasteiger partial charge on any atom is 0.277 e. The van der Waals surface area contributed by atoms with E-state index in [4.69, 9.17) is 13.9 Å². The molecule has 29 heavy (non-hydrogen) atoms. The van der Waals surface area contributed by atoms with Gasteiger partial charge in [-0.2, -0.15) is 0 Å². The average Bonchev–Trinajstić information content (AvgIpc) is 3.21. The molecular weight excluding hydrogens is 400 g/mol. The van der Waals surface area contributed by atoms with Crippen molar-refractivity contribution in [2.24, 2.45) is 0 Å². The molecule has 1 heterocycles. The molecule has 0 atom stereocenters. The molecule has 0 saturated carbocycles. The third-order valence-electron chi connectivity index (χ3n) is 3.69. The first-order valence-corrected chi connectivity index (χ1v) is 9.21. The molecule has 3 aromatic rings. The van der Waals surface area contributed by atoms with Crippen LogP contribution in [0.3, 0.4) is 0 Å². The van der Waals surface area contributed by atoms with E-state index >= 15 is 0 Å². The van der Waals surface area contributed by atoms with Crippen LogP contribution in [0.5, 0.6) is 11.5 Å². The highest BCUT2D eigenvalue weighted by molar-refractivity contribution is 7.99. The number of carbonyl (C=O) groups excluding carboxylic acids is 1. The molecule has 0 aliphatic carbocycles. The number of benzene rings is 2. The van der Waals surface area contributed by atoms with Crippen LogP contribution in [0.2, 0.25) is 0 Å². The summed E-state index contributed by atoms with van der Waals surface area (Å²) in [4.78, 5) is 22.2. The maximum absolute atomic E-state index is 12.1. The maximum atomic E-state index is 12.1. The van der Waals surface area contributed by atoms with Crippen molar-refractivity contribution < 1.29 is 23.6 Å². The Morgan fingerprint density at radius 2 is 1.79 bits per heavy atom. The van der Waals surface area contributed by atoms with Crippen LogP contribution in [-0.2, 0) is 4.79 Å². The van der Waals surface area contributed by atoms with Crippen molar-refractivity contribution in [3.8, 4) is 23.0 Å². The molecule has 0 fully saturated rings. The molecule has 0 saturated heterocycles. The first kappa shape index (κ1) is 20.1. The summed E-state index contributed by atoms with van der Waals surface area (Å²) in [6, 6.07) is 10.7. The number of nitro groups is 1. The second-order valence-electron chi connectivity index (χ2n) is 5.62. The van der Waals surface area contributed by atoms with Crippen molar-refractivity contribution in [3.63, 3.8) is 0 Å². The summed E-state index contributed by atoms with van der Waals surface area (Å²) in [6.45, 7) is 0. The third-order valence-corrected chi connectivity index (χ3v) is 4.51. The number of ether oxygens (including phenoxy) is 2. The van der Waals surface area contributed by atoms with Crippen LogP contribution in [0.4, 0.5) is 11.4 Å². The number of anilines is 1. The minimum Gasteiger partial charge on any atom is -0.497 e. The van der Waals surface area contributed by atoms with Gasteiger partial charge in [-0.1, -0.05) is 11.8 Å². The summed E-state index contributed by atoms with van der Waals surface area (Å²) in [7, 11) is 3.08. The Morgan fingerprint density at radius 3 is 2.38 bits per heavy atom. The van der Waals surface area contributed by atoms with Crippen molar-refractivity contribution in [2.45, 2.75) is 5.22 Å². The van der Waals surface area contributed by atoms with Gasteiger partial charge in [-0.15, -0.1) is 10.2 Å². The van der Waals surface area contributed by atoms with Crippen molar-refractivity contribution in [2.75, 3.05) is 25.3 Å². The van der Waals surface area contributed by atoms with Crippen LogP contribution in [0, 0.1) is 10.1 Å².